The molecule has 0 saturated carbocycles. The number of methoxy groups -OCH3 is 1. The van der Waals surface area contributed by atoms with Gasteiger partial charge in [-0.25, -0.2) is 0 Å². The third-order valence-corrected chi connectivity index (χ3v) is 3.53. The van der Waals surface area contributed by atoms with Crippen LogP contribution in [0.2, 0.25) is 5.02 Å². The van der Waals surface area contributed by atoms with Gasteiger partial charge in [0.05, 0.1) is 12.2 Å². The van der Waals surface area contributed by atoms with Crippen LogP contribution in [0.1, 0.15) is 25.0 Å². The minimum absolute atomic E-state index is 0.111. The van der Waals surface area contributed by atoms with Crippen molar-refractivity contribution in [2.24, 2.45) is 5.92 Å². The summed E-state index contributed by atoms with van der Waals surface area (Å²) in [4.78, 5) is 0. The third kappa shape index (κ3) is 3.70. The van der Waals surface area contributed by atoms with Crippen LogP contribution in [-0.4, -0.2) is 24.4 Å². The fourth-order valence-electron chi connectivity index (χ4n) is 1.80. The van der Waals surface area contributed by atoms with E-state index in [1.54, 1.807) is 7.11 Å². The van der Waals surface area contributed by atoms with Gasteiger partial charge >= 0.3 is 0 Å². The molecule has 0 amide bonds. The lowest BCUT2D eigenvalue weighted by Crippen LogP contribution is -2.42. The van der Waals surface area contributed by atoms with Crippen LogP contribution in [0.3, 0.4) is 0 Å². The average Bonchev–Trinajstić information content (AvgIpc) is 2.22. The van der Waals surface area contributed by atoms with Crippen molar-refractivity contribution < 1.29 is 9.84 Å². The molecule has 0 spiro atoms. The predicted molar refractivity (Wildman–Crippen MR) is 71.6 cm³/mol. The van der Waals surface area contributed by atoms with Gasteiger partial charge in [-0.1, -0.05) is 37.6 Å². The Balaban J connectivity index is 2.93. The zero-order valence-electron chi connectivity index (χ0n) is 11.0. The van der Waals surface area contributed by atoms with E-state index >= 15 is 0 Å². The number of aryl methyl sites for hydroxylation is 1. The average molecular weight is 257 g/mol. The lowest BCUT2D eigenvalue weighted by Gasteiger charge is -2.32. The van der Waals surface area contributed by atoms with E-state index in [4.69, 9.17) is 16.3 Å². The van der Waals surface area contributed by atoms with Crippen LogP contribution < -0.4 is 0 Å². The summed E-state index contributed by atoms with van der Waals surface area (Å²) in [5, 5.41) is 11.3. The number of hydrogen-bond acceptors (Lipinski definition) is 2. The van der Waals surface area contributed by atoms with Gasteiger partial charge in [0.15, 0.2) is 0 Å². The number of benzene rings is 1. The molecule has 0 radical (unpaired) electrons. The van der Waals surface area contributed by atoms with Crippen LogP contribution in [0.5, 0.6) is 0 Å². The third-order valence-electron chi connectivity index (χ3n) is 3.17. The van der Waals surface area contributed by atoms with Gasteiger partial charge < -0.3 is 9.84 Å². The normalized spacial score (nSPS) is 15.0. The highest BCUT2D eigenvalue weighted by Gasteiger charge is 2.31. The van der Waals surface area contributed by atoms with Crippen LogP contribution in [0.4, 0.5) is 0 Å². The molecule has 0 saturated heterocycles. The van der Waals surface area contributed by atoms with E-state index in [0.29, 0.717) is 18.1 Å². The molecule has 3 heteroatoms. The van der Waals surface area contributed by atoms with Crippen LogP contribution in [0, 0.1) is 12.8 Å². The first-order valence-corrected chi connectivity index (χ1v) is 6.23. The topological polar surface area (TPSA) is 29.5 Å². The SMILES string of the molecule is COCC(O)(Cc1ccc(C)cc1Cl)C(C)C. The summed E-state index contributed by atoms with van der Waals surface area (Å²) < 4.78 is 5.11. The highest BCUT2D eigenvalue weighted by molar-refractivity contribution is 6.31. The minimum Gasteiger partial charge on any atom is -0.387 e. The van der Waals surface area contributed by atoms with Gasteiger partial charge in [-0.3, -0.25) is 0 Å². The molecule has 1 aromatic carbocycles. The van der Waals surface area contributed by atoms with E-state index in [9.17, 15) is 5.11 Å². The fourth-order valence-corrected chi connectivity index (χ4v) is 2.10. The second-order valence-electron chi connectivity index (χ2n) is 4.96. The lowest BCUT2D eigenvalue weighted by molar-refractivity contribution is -0.0637. The highest BCUT2D eigenvalue weighted by atomic mass is 35.5. The van der Waals surface area contributed by atoms with Gasteiger partial charge in [-0.05, 0) is 30.0 Å². The standard InChI is InChI=1S/C14H21ClO2/c1-10(2)14(16,9-17-4)8-12-6-5-11(3)7-13(12)15/h5-7,10,16H,8-9H2,1-4H3. The number of halogens is 1. The van der Waals surface area contributed by atoms with Crippen LogP contribution in [-0.2, 0) is 11.2 Å². The van der Waals surface area contributed by atoms with E-state index in [0.717, 1.165) is 11.1 Å². The van der Waals surface area contributed by atoms with Gasteiger partial charge in [0.2, 0.25) is 0 Å². The maximum absolute atomic E-state index is 10.6. The van der Waals surface area contributed by atoms with Crippen LogP contribution >= 0.6 is 11.6 Å². The molecule has 1 N–H and O–H groups in total. The van der Waals surface area contributed by atoms with E-state index < -0.39 is 5.60 Å². The molecular formula is C14H21ClO2. The number of ether oxygens (including phenoxy) is 1. The molecule has 0 bridgehead atoms. The monoisotopic (exact) mass is 256 g/mol. The fraction of sp³-hybridized carbons (Fsp3) is 0.571. The summed E-state index contributed by atoms with van der Waals surface area (Å²) in [5.74, 6) is 0.111. The van der Waals surface area contributed by atoms with Crippen molar-refractivity contribution in [2.45, 2.75) is 32.8 Å². The smallest absolute Gasteiger partial charge is 0.0943 e. The molecule has 1 atom stereocenters. The highest BCUT2D eigenvalue weighted by Crippen LogP contribution is 2.27. The predicted octanol–water partition coefficient (Wildman–Crippen LogP) is 3.22. The van der Waals surface area contributed by atoms with Crippen molar-refractivity contribution in [1.29, 1.82) is 0 Å². The molecule has 1 aromatic rings. The Morgan fingerprint density at radius 3 is 2.53 bits per heavy atom. The first kappa shape index (κ1) is 14.5. The van der Waals surface area contributed by atoms with E-state index in [-0.39, 0.29) is 5.92 Å². The molecule has 1 rings (SSSR count). The van der Waals surface area contributed by atoms with Crippen molar-refractivity contribution in [2.75, 3.05) is 13.7 Å². The first-order chi connectivity index (χ1) is 7.89. The molecule has 96 valence electrons. The molecular weight excluding hydrogens is 236 g/mol. The summed E-state index contributed by atoms with van der Waals surface area (Å²) in [7, 11) is 1.60. The van der Waals surface area contributed by atoms with E-state index in [2.05, 4.69) is 0 Å². The van der Waals surface area contributed by atoms with Crippen LogP contribution in [0.25, 0.3) is 0 Å². The molecule has 0 aliphatic heterocycles. The van der Waals surface area contributed by atoms with E-state index in [1.807, 2.05) is 39.0 Å². The Labute approximate surface area is 109 Å². The van der Waals surface area contributed by atoms with Crippen molar-refractivity contribution in [3.05, 3.63) is 34.3 Å². The Kier molecular flexibility index (Phi) is 4.99. The Morgan fingerprint density at radius 1 is 1.41 bits per heavy atom. The quantitative estimate of drug-likeness (QED) is 0.877. The van der Waals surface area contributed by atoms with Gasteiger partial charge in [-0.15, -0.1) is 0 Å². The second kappa shape index (κ2) is 5.85. The maximum Gasteiger partial charge on any atom is 0.0943 e. The molecule has 1 unspecified atom stereocenters. The van der Waals surface area contributed by atoms with Crippen LogP contribution in [0.15, 0.2) is 18.2 Å². The Bertz CT molecular complexity index is 376. The summed E-state index contributed by atoms with van der Waals surface area (Å²) in [6.45, 7) is 6.29. The van der Waals surface area contributed by atoms with Crippen molar-refractivity contribution in [3.63, 3.8) is 0 Å². The largest absolute Gasteiger partial charge is 0.387 e. The summed E-state index contributed by atoms with van der Waals surface area (Å²) in [6.07, 6.45) is 0.512. The Morgan fingerprint density at radius 2 is 2.06 bits per heavy atom. The van der Waals surface area contributed by atoms with Gasteiger partial charge in [0.25, 0.3) is 0 Å². The van der Waals surface area contributed by atoms with Crippen molar-refractivity contribution in [3.8, 4) is 0 Å². The summed E-state index contributed by atoms with van der Waals surface area (Å²) in [6, 6.07) is 5.90. The molecule has 0 aliphatic rings. The van der Waals surface area contributed by atoms with Crippen molar-refractivity contribution in [1.82, 2.24) is 0 Å². The van der Waals surface area contributed by atoms with Gasteiger partial charge in [0, 0.05) is 18.6 Å². The number of hydrogen-bond donors (Lipinski definition) is 1. The second-order valence-corrected chi connectivity index (χ2v) is 5.37. The molecule has 0 aromatic heterocycles. The first-order valence-electron chi connectivity index (χ1n) is 5.85. The Hall–Kier alpha value is -0.570. The van der Waals surface area contributed by atoms with E-state index in [1.165, 1.54) is 0 Å². The summed E-state index contributed by atoms with van der Waals surface area (Å²) >= 11 is 6.19. The van der Waals surface area contributed by atoms with Crippen molar-refractivity contribution >= 4 is 11.6 Å². The lowest BCUT2D eigenvalue weighted by atomic mass is 9.85. The number of aliphatic hydroxyl groups is 1. The molecule has 0 fully saturated rings. The van der Waals surface area contributed by atoms with Gasteiger partial charge in [0.1, 0.15) is 0 Å². The molecule has 17 heavy (non-hydrogen) atoms. The molecule has 0 heterocycles. The molecule has 2 nitrogen and oxygen atoms in total. The molecule has 0 aliphatic carbocycles. The summed E-state index contributed by atoms with van der Waals surface area (Å²) in [5.41, 5.74) is 1.22. The maximum atomic E-state index is 10.6. The van der Waals surface area contributed by atoms with Gasteiger partial charge in [-0.2, -0.15) is 0 Å². The zero-order chi connectivity index (χ0) is 13.1. The minimum atomic E-state index is -0.867. The number of rotatable bonds is 5. The zero-order valence-corrected chi connectivity index (χ0v) is 11.7.